The molecule has 0 aliphatic heterocycles. The Morgan fingerprint density at radius 2 is 2.50 bits per heavy atom. The Morgan fingerprint density at radius 3 is 3.00 bits per heavy atom. The van der Waals surface area contributed by atoms with Crippen molar-refractivity contribution in [2.45, 2.75) is 19.9 Å². The quantitative estimate of drug-likeness (QED) is 0.705. The SMILES string of the molecule is CNC(=O)CCn1cc(C)cn1. The van der Waals surface area contributed by atoms with Gasteiger partial charge in [-0.05, 0) is 12.5 Å². The highest BCUT2D eigenvalue weighted by Gasteiger charge is 1.98. The zero-order valence-electron chi connectivity index (χ0n) is 7.37. The van der Waals surface area contributed by atoms with E-state index in [2.05, 4.69) is 10.4 Å². The molecule has 0 fully saturated rings. The van der Waals surface area contributed by atoms with Gasteiger partial charge in [0, 0.05) is 26.2 Å². The fraction of sp³-hybridized carbons (Fsp3) is 0.500. The Morgan fingerprint density at radius 1 is 1.75 bits per heavy atom. The van der Waals surface area contributed by atoms with Gasteiger partial charge in [-0.15, -0.1) is 0 Å². The van der Waals surface area contributed by atoms with Crippen molar-refractivity contribution in [2.75, 3.05) is 7.05 Å². The molecule has 1 aromatic heterocycles. The molecule has 0 unspecified atom stereocenters. The molecule has 12 heavy (non-hydrogen) atoms. The Hall–Kier alpha value is -1.32. The number of aromatic nitrogens is 2. The largest absolute Gasteiger partial charge is 0.359 e. The lowest BCUT2D eigenvalue weighted by Crippen LogP contribution is -2.19. The third-order valence-corrected chi connectivity index (χ3v) is 1.61. The number of hydrogen-bond donors (Lipinski definition) is 1. The summed E-state index contributed by atoms with van der Waals surface area (Å²) in [5, 5.41) is 6.62. The van der Waals surface area contributed by atoms with Gasteiger partial charge in [0.25, 0.3) is 0 Å². The van der Waals surface area contributed by atoms with E-state index in [0.717, 1.165) is 5.56 Å². The third-order valence-electron chi connectivity index (χ3n) is 1.61. The first-order valence-electron chi connectivity index (χ1n) is 3.92. The summed E-state index contributed by atoms with van der Waals surface area (Å²) in [6.07, 6.45) is 4.18. The number of nitrogens with zero attached hydrogens (tertiary/aromatic N) is 2. The van der Waals surface area contributed by atoms with Crippen LogP contribution in [-0.2, 0) is 11.3 Å². The van der Waals surface area contributed by atoms with Gasteiger partial charge in [-0.25, -0.2) is 0 Å². The molecular formula is C8H13N3O. The van der Waals surface area contributed by atoms with E-state index >= 15 is 0 Å². The lowest BCUT2D eigenvalue weighted by Gasteiger charge is -1.99. The fourth-order valence-electron chi connectivity index (χ4n) is 0.930. The highest BCUT2D eigenvalue weighted by molar-refractivity contribution is 5.75. The van der Waals surface area contributed by atoms with Crippen molar-refractivity contribution < 1.29 is 4.79 Å². The molecule has 1 amide bonds. The molecular weight excluding hydrogens is 154 g/mol. The predicted octanol–water partition coefficient (Wildman–Crippen LogP) is 0.328. The molecule has 0 spiro atoms. The number of carbonyl (C=O) groups excluding carboxylic acids is 1. The minimum Gasteiger partial charge on any atom is -0.359 e. The van der Waals surface area contributed by atoms with Gasteiger partial charge in [0.1, 0.15) is 0 Å². The molecule has 0 bridgehead atoms. The first-order valence-corrected chi connectivity index (χ1v) is 3.92. The molecule has 66 valence electrons. The third kappa shape index (κ3) is 2.38. The summed E-state index contributed by atoms with van der Waals surface area (Å²) in [5.74, 6) is 0.0446. The van der Waals surface area contributed by atoms with Crippen LogP contribution >= 0.6 is 0 Å². The Balaban J connectivity index is 2.38. The topological polar surface area (TPSA) is 46.9 Å². The second-order valence-corrected chi connectivity index (χ2v) is 2.70. The first-order chi connectivity index (χ1) is 5.72. The highest BCUT2D eigenvalue weighted by atomic mass is 16.1. The number of rotatable bonds is 3. The average molecular weight is 167 g/mol. The van der Waals surface area contributed by atoms with E-state index in [1.807, 2.05) is 13.1 Å². The maximum Gasteiger partial charge on any atom is 0.221 e. The van der Waals surface area contributed by atoms with E-state index in [1.54, 1.807) is 17.9 Å². The van der Waals surface area contributed by atoms with Crippen LogP contribution < -0.4 is 5.32 Å². The van der Waals surface area contributed by atoms with Crippen LogP contribution in [0.15, 0.2) is 12.4 Å². The number of hydrogen-bond acceptors (Lipinski definition) is 2. The van der Waals surface area contributed by atoms with E-state index < -0.39 is 0 Å². The second kappa shape index (κ2) is 3.90. The van der Waals surface area contributed by atoms with Gasteiger partial charge in [0.2, 0.25) is 5.91 Å². The second-order valence-electron chi connectivity index (χ2n) is 2.70. The van der Waals surface area contributed by atoms with Crippen molar-refractivity contribution in [3.05, 3.63) is 18.0 Å². The molecule has 0 aliphatic rings. The van der Waals surface area contributed by atoms with E-state index in [4.69, 9.17) is 0 Å². The van der Waals surface area contributed by atoms with Crippen LogP contribution in [0.2, 0.25) is 0 Å². The summed E-state index contributed by atoms with van der Waals surface area (Å²) >= 11 is 0. The first kappa shape index (κ1) is 8.77. The van der Waals surface area contributed by atoms with Crippen molar-refractivity contribution in [1.29, 1.82) is 0 Å². The summed E-state index contributed by atoms with van der Waals surface area (Å²) in [6.45, 7) is 2.62. The molecule has 4 heteroatoms. The zero-order valence-corrected chi connectivity index (χ0v) is 7.37. The predicted molar refractivity (Wildman–Crippen MR) is 45.6 cm³/mol. The van der Waals surface area contributed by atoms with Crippen molar-refractivity contribution in [1.82, 2.24) is 15.1 Å². The fourth-order valence-corrected chi connectivity index (χ4v) is 0.930. The minimum absolute atomic E-state index is 0.0446. The molecule has 0 aliphatic carbocycles. The zero-order chi connectivity index (χ0) is 8.97. The van der Waals surface area contributed by atoms with Crippen LogP contribution in [0.3, 0.4) is 0 Å². The van der Waals surface area contributed by atoms with Crippen LogP contribution in [-0.4, -0.2) is 22.7 Å². The maximum atomic E-state index is 10.8. The van der Waals surface area contributed by atoms with Crippen molar-refractivity contribution in [3.8, 4) is 0 Å². The normalized spacial score (nSPS) is 9.83. The van der Waals surface area contributed by atoms with Crippen LogP contribution in [0.25, 0.3) is 0 Å². The molecule has 0 saturated heterocycles. The van der Waals surface area contributed by atoms with Gasteiger partial charge in [-0.1, -0.05) is 0 Å². The van der Waals surface area contributed by atoms with E-state index in [0.29, 0.717) is 13.0 Å². The molecule has 0 radical (unpaired) electrons. The standard InChI is InChI=1S/C8H13N3O/c1-7-5-10-11(6-7)4-3-8(12)9-2/h5-6H,3-4H2,1-2H3,(H,9,12). The van der Waals surface area contributed by atoms with Gasteiger partial charge in [-0.2, -0.15) is 5.10 Å². The van der Waals surface area contributed by atoms with E-state index in [-0.39, 0.29) is 5.91 Å². The monoisotopic (exact) mass is 167 g/mol. The van der Waals surface area contributed by atoms with Gasteiger partial charge in [0.05, 0.1) is 6.20 Å². The number of carbonyl (C=O) groups is 1. The van der Waals surface area contributed by atoms with Gasteiger partial charge in [-0.3, -0.25) is 9.48 Å². The van der Waals surface area contributed by atoms with Gasteiger partial charge in [0.15, 0.2) is 0 Å². The highest BCUT2D eigenvalue weighted by Crippen LogP contribution is 1.95. The van der Waals surface area contributed by atoms with Crippen LogP contribution in [0, 0.1) is 6.92 Å². The molecule has 1 rings (SSSR count). The molecule has 1 N–H and O–H groups in total. The summed E-state index contributed by atoms with van der Waals surface area (Å²) in [4.78, 5) is 10.8. The molecule has 1 aromatic rings. The smallest absolute Gasteiger partial charge is 0.221 e. The number of aryl methyl sites for hydroxylation is 2. The van der Waals surface area contributed by atoms with Crippen molar-refractivity contribution in [3.63, 3.8) is 0 Å². The molecule has 1 heterocycles. The molecule has 0 aromatic carbocycles. The number of nitrogens with one attached hydrogen (secondary N) is 1. The van der Waals surface area contributed by atoms with Crippen LogP contribution in [0.4, 0.5) is 0 Å². The van der Waals surface area contributed by atoms with Gasteiger partial charge >= 0.3 is 0 Å². The number of amides is 1. The molecule has 4 nitrogen and oxygen atoms in total. The Kier molecular flexibility index (Phi) is 2.85. The van der Waals surface area contributed by atoms with E-state index in [9.17, 15) is 4.79 Å². The lowest BCUT2D eigenvalue weighted by atomic mass is 10.4. The average Bonchev–Trinajstić information content (AvgIpc) is 2.47. The molecule has 0 atom stereocenters. The van der Waals surface area contributed by atoms with Crippen LogP contribution in [0.5, 0.6) is 0 Å². The summed E-state index contributed by atoms with van der Waals surface area (Å²) in [5.41, 5.74) is 1.12. The Labute approximate surface area is 71.6 Å². The summed E-state index contributed by atoms with van der Waals surface area (Å²) in [7, 11) is 1.64. The molecule has 0 saturated carbocycles. The van der Waals surface area contributed by atoms with Crippen molar-refractivity contribution >= 4 is 5.91 Å². The van der Waals surface area contributed by atoms with Crippen LogP contribution in [0.1, 0.15) is 12.0 Å². The van der Waals surface area contributed by atoms with Gasteiger partial charge < -0.3 is 5.32 Å². The Bertz CT molecular complexity index is 267. The lowest BCUT2D eigenvalue weighted by molar-refractivity contribution is -0.120. The summed E-state index contributed by atoms with van der Waals surface area (Å²) in [6, 6.07) is 0. The van der Waals surface area contributed by atoms with Crippen molar-refractivity contribution in [2.24, 2.45) is 0 Å². The minimum atomic E-state index is 0.0446. The summed E-state index contributed by atoms with van der Waals surface area (Å²) < 4.78 is 1.77. The van der Waals surface area contributed by atoms with E-state index in [1.165, 1.54) is 0 Å². The maximum absolute atomic E-state index is 10.8.